The molecule has 0 bridgehead atoms. The Bertz CT molecular complexity index is 977. The lowest BCUT2D eigenvalue weighted by molar-refractivity contribution is 0.0471. The van der Waals surface area contributed by atoms with E-state index < -0.39 is 23.8 Å². The van der Waals surface area contributed by atoms with E-state index in [1.54, 1.807) is 24.3 Å². The third-order valence-corrected chi connectivity index (χ3v) is 4.26. The number of carbonyl (C=O) groups excluding carboxylic acids is 4. The van der Waals surface area contributed by atoms with Gasteiger partial charge in [-0.05, 0) is 35.9 Å². The Kier molecular flexibility index (Phi) is 5.35. The number of imide groups is 1. The number of amides is 2. The van der Waals surface area contributed by atoms with Gasteiger partial charge >= 0.3 is 11.9 Å². The minimum atomic E-state index is -0.623. The zero-order valence-corrected chi connectivity index (χ0v) is 15.1. The molecule has 0 atom stereocenters. The minimum Gasteiger partial charge on any atom is -0.465 e. The molecule has 0 fully saturated rings. The molecule has 0 saturated heterocycles. The summed E-state index contributed by atoms with van der Waals surface area (Å²) < 4.78 is 9.88. The van der Waals surface area contributed by atoms with E-state index in [2.05, 4.69) is 11.3 Å². The van der Waals surface area contributed by atoms with Crippen LogP contribution in [0.4, 0.5) is 0 Å². The van der Waals surface area contributed by atoms with Gasteiger partial charge in [-0.15, -0.1) is 6.58 Å². The fourth-order valence-corrected chi connectivity index (χ4v) is 2.80. The SMILES string of the molecule is C=CCN1C(=O)c2ccc(C(=O)OCc3ccc(C(=O)OC)cc3)cc2C1=O. The van der Waals surface area contributed by atoms with Crippen LogP contribution in [0.1, 0.15) is 47.0 Å². The molecule has 28 heavy (non-hydrogen) atoms. The molecule has 0 spiro atoms. The van der Waals surface area contributed by atoms with Crippen molar-refractivity contribution >= 4 is 23.8 Å². The van der Waals surface area contributed by atoms with Crippen LogP contribution in [0.3, 0.4) is 0 Å². The summed E-state index contributed by atoms with van der Waals surface area (Å²) in [5.74, 6) is -1.95. The van der Waals surface area contributed by atoms with Gasteiger partial charge in [0, 0.05) is 6.54 Å². The van der Waals surface area contributed by atoms with Crippen LogP contribution in [0.15, 0.2) is 55.1 Å². The molecule has 0 aliphatic carbocycles. The molecule has 7 heteroatoms. The van der Waals surface area contributed by atoms with E-state index in [4.69, 9.17) is 4.74 Å². The van der Waals surface area contributed by atoms with E-state index in [0.29, 0.717) is 11.1 Å². The number of benzene rings is 2. The van der Waals surface area contributed by atoms with Gasteiger partial charge < -0.3 is 9.47 Å². The fraction of sp³-hybridized carbons (Fsp3) is 0.143. The highest BCUT2D eigenvalue weighted by atomic mass is 16.5. The van der Waals surface area contributed by atoms with Crippen molar-refractivity contribution in [3.63, 3.8) is 0 Å². The van der Waals surface area contributed by atoms with Crippen molar-refractivity contribution < 1.29 is 28.7 Å². The zero-order chi connectivity index (χ0) is 20.3. The van der Waals surface area contributed by atoms with Crippen LogP contribution in [-0.4, -0.2) is 42.3 Å². The molecule has 0 saturated carbocycles. The number of esters is 2. The van der Waals surface area contributed by atoms with Gasteiger partial charge in [-0.2, -0.15) is 0 Å². The summed E-state index contributed by atoms with van der Waals surface area (Å²) in [4.78, 5) is 49.3. The Balaban J connectivity index is 1.69. The normalized spacial score (nSPS) is 12.5. The van der Waals surface area contributed by atoms with Crippen LogP contribution >= 0.6 is 0 Å². The third-order valence-electron chi connectivity index (χ3n) is 4.26. The van der Waals surface area contributed by atoms with Crippen LogP contribution in [0.2, 0.25) is 0 Å². The van der Waals surface area contributed by atoms with E-state index in [1.807, 2.05) is 0 Å². The predicted octanol–water partition coefficient (Wildman–Crippen LogP) is 2.61. The molecule has 1 aliphatic rings. The summed E-state index contributed by atoms with van der Waals surface area (Å²) in [6.07, 6.45) is 1.46. The molecule has 142 valence electrons. The first-order valence-electron chi connectivity index (χ1n) is 8.41. The van der Waals surface area contributed by atoms with E-state index in [1.165, 1.54) is 31.4 Å². The number of fused-ring (bicyclic) bond motifs is 1. The topological polar surface area (TPSA) is 90.0 Å². The number of ether oxygens (including phenoxy) is 2. The van der Waals surface area contributed by atoms with Crippen molar-refractivity contribution in [2.45, 2.75) is 6.61 Å². The number of carbonyl (C=O) groups is 4. The fourth-order valence-electron chi connectivity index (χ4n) is 2.80. The maximum absolute atomic E-state index is 12.3. The second-order valence-corrected chi connectivity index (χ2v) is 6.03. The average Bonchev–Trinajstić information content (AvgIpc) is 2.96. The first-order chi connectivity index (χ1) is 13.5. The molecule has 2 amide bonds. The predicted molar refractivity (Wildman–Crippen MR) is 98.9 cm³/mol. The Morgan fingerprint density at radius 3 is 2.25 bits per heavy atom. The number of hydrogen-bond donors (Lipinski definition) is 0. The molecule has 3 rings (SSSR count). The molecule has 0 radical (unpaired) electrons. The molecule has 0 aromatic heterocycles. The van der Waals surface area contributed by atoms with E-state index in [-0.39, 0.29) is 29.8 Å². The van der Waals surface area contributed by atoms with Crippen LogP contribution in [-0.2, 0) is 16.1 Å². The van der Waals surface area contributed by atoms with Gasteiger partial charge in [0.15, 0.2) is 0 Å². The van der Waals surface area contributed by atoms with E-state index in [9.17, 15) is 19.2 Å². The van der Waals surface area contributed by atoms with Crippen molar-refractivity contribution in [3.05, 3.63) is 82.9 Å². The van der Waals surface area contributed by atoms with Crippen molar-refractivity contribution in [1.82, 2.24) is 4.90 Å². The Morgan fingerprint density at radius 2 is 1.61 bits per heavy atom. The Hall–Kier alpha value is -3.74. The average molecular weight is 379 g/mol. The van der Waals surface area contributed by atoms with Gasteiger partial charge in [-0.1, -0.05) is 18.2 Å². The number of methoxy groups -OCH3 is 1. The summed E-state index contributed by atoms with van der Waals surface area (Å²) in [5.41, 5.74) is 1.67. The molecular formula is C21H17NO6. The first-order valence-corrected chi connectivity index (χ1v) is 8.41. The largest absolute Gasteiger partial charge is 0.465 e. The standard InChI is InChI=1S/C21H17NO6/c1-3-10-22-18(23)16-9-8-15(11-17(16)19(22)24)21(26)28-12-13-4-6-14(7-5-13)20(25)27-2/h3-9,11H,1,10,12H2,2H3. The summed E-state index contributed by atoms with van der Waals surface area (Å²) in [7, 11) is 1.30. The molecule has 0 unspecified atom stereocenters. The van der Waals surface area contributed by atoms with Crippen LogP contribution in [0.25, 0.3) is 0 Å². The zero-order valence-electron chi connectivity index (χ0n) is 15.1. The summed E-state index contributed by atoms with van der Waals surface area (Å²) in [6, 6.07) is 10.7. The lowest BCUT2D eigenvalue weighted by Gasteiger charge is -2.09. The highest BCUT2D eigenvalue weighted by Crippen LogP contribution is 2.24. The van der Waals surface area contributed by atoms with Crippen molar-refractivity contribution in [2.75, 3.05) is 13.7 Å². The number of hydrogen-bond acceptors (Lipinski definition) is 6. The monoisotopic (exact) mass is 379 g/mol. The molecule has 1 heterocycles. The lowest BCUT2D eigenvalue weighted by Crippen LogP contribution is -2.29. The summed E-state index contributed by atoms with van der Waals surface area (Å²) in [6.45, 7) is 3.63. The second kappa shape index (κ2) is 7.87. The third kappa shape index (κ3) is 3.55. The smallest absolute Gasteiger partial charge is 0.338 e. The van der Waals surface area contributed by atoms with Gasteiger partial charge in [0.1, 0.15) is 6.61 Å². The van der Waals surface area contributed by atoms with Crippen LogP contribution < -0.4 is 0 Å². The highest BCUT2D eigenvalue weighted by Gasteiger charge is 2.35. The molecule has 7 nitrogen and oxygen atoms in total. The molecule has 0 N–H and O–H groups in total. The Morgan fingerprint density at radius 1 is 0.964 bits per heavy atom. The second-order valence-electron chi connectivity index (χ2n) is 6.03. The first kappa shape index (κ1) is 19.0. The van der Waals surface area contributed by atoms with Gasteiger partial charge in [0.25, 0.3) is 11.8 Å². The van der Waals surface area contributed by atoms with E-state index in [0.717, 1.165) is 4.90 Å². The highest BCUT2D eigenvalue weighted by molar-refractivity contribution is 6.22. The van der Waals surface area contributed by atoms with Gasteiger partial charge in [0.2, 0.25) is 0 Å². The quantitative estimate of drug-likeness (QED) is 0.435. The van der Waals surface area contributed by atoms with Crippen molar-refractivity contribution in [2.24, 2.45) is 0 Å². The number of nitrogens with zero attached hydrogens (tertiary/aromatic N) is 1. The van der Waals surface area contributed by atoms with Gasteiger partial charge in [-0.3, -0.25) is 14.5 Å². The summed E-state index contributed by atoms with van der Waals surface area (Å²) in [5, 5.41) is 0. The summed E-state index contributed by atoms with van der Waals surface area (Å²) >= 11 is 0. The molecule has 2 aromatic carbocycles. The molecule has 1 aliphatic heterocycles. The number of rotatable bonds is 6. The van der Waals surface area contributed by atoms with Crippen molar-refractivity contribution in [3.8, 4) is 0 Å². The van der Waals surface area contributed by atoms with Gasteiger partial charge in [0.05, 0.1) is 29.4 Å². The molecule has 2 aromatic rings. The van der Waals surface area contributed by atoms with Crippen LogP contribution in [0.5, 0.6) is 0 Å². The lowest BCUT2D eigenvalue weighted by atomic mass is 10.1. The van der Waals surface area contributed by atoms with Gasteiger partial charge in [-0.25, -0.2) is 9.59 Å². The minimum absolute atomic E-state index is 0.00711. The molecular weight excluding hydrogens is 362 g/mol. The van der Waals surface area contributed by atoms with Crippen molar-refractivity contribution in [1.29, 1.82) is 0 Å². The maximum atomic E-state index is 12.3. The Labute approximate surface area is 161 Å². The maximum Gasteiger partial charge on any atom is 0.338 e. The van der Waals surface area contributed by atoms with E-state index >= 15 is 0 Å². The van der Waals surface area contributed by atoms with Crippen LogP contribution in [0, 0.1) is 0 Å².